The van der Waals surface area contributed by atoms with Gasteiger partial charge < -0.3 is 10.2 Å². The van der Waals surface area contributed by atoms with E-state index in [1.165, 1.54) is 0 Å². The molecule has 4 nitrogen and oxygen atoms in total. The van der Waals surface area contributed by atoms with E-state index in [-0.39, 0.29) is 0 Å². The molecule has 0 atom stereocenters. The fourth-order valence-electron chi connectivity index (χ4n) is 2.24. The maximum atomic E-state index is 11.7. The van der Waals surface area contributed by atoms with Gasteiger partial charge in [0.05, 0.1) is 0 Å². The minimum atomic E-state index is 0.337. The summed E-state index contributed by atoms with van der Waals surface area (Å²) < 4.78 is 0. The van der Waals surface area contributed by atoms with Gasteiger partial charge in [0.2, 0.25) is 5.91 Å². The number of carbonyl (C=O) groups excluding carboxylic acids is 1. The zero-order valence-electron chi connectivity index (χ0n) is 9.54. The lowest BCUT2D eigenvalue weighted by Crippen LogP contribution is -2.62. The van der Waals surface area contributed by atoms with E-state index in [4.69, 9.17) is 0 Å². The van der Waals surface area contributed by atoms with E-state index in [1.807, 2.05) is 4.90 Å². The van der Waals surface area contributed by atoms with Crippen LogP contribution in [0.2, 0.25) is 0 Å². The van der Waals surface area contributed by atoms with Crippen molar-refractivity contribution in [3.05, 3.63) is 0 Å². The standard InChI is InChI=1S/C11H21N3O/c1-2-3-11(15)14-6-4-13(5-7-14)10-8-12-9-10/h10,12H,2-9H2,1H3. The topological polar surface area (TPSA) is 35.6 Å². The molecular weight excluding hydrogens is 190 g/mol. The Morgan fingerprint density at radius 3 is 2.40 bits per heavy atom. The van der Waals surface area contributed by atoms with Crippen LogP contribution in [-0.2, 0) is 4.79 Å². The summed E-state index contributed by atoms with van der Waals surface area (Å²) >= 11 is 0. The molecule has 0 bridgehead atoms. The third kappa shape index (κ3) is 2.49. The molecule has 4 heteroatoms. The van der Waals surface area contributed by atoms with Gasteiger partial charge in [-0.2, -0.15) is 0 Å². The average Bonchev–Trinajstić information content (AvgIpc) is 2.16. The Hall–Kier alpha value is -0.610. The first kappa shape index (κ1) is 10.9. The largest absolute Gasteiger partial charge is 0.340 e. The Morgan fingerprint density at radius 1 is 1.27 bits per heavy atom. The number of piperazine rings is 1. The molecule has 2 heterocycles. The third-order valence-corrected chi connectivity index (χ3v) is 3.41. The zero-order chi connectivity index (χ0) is 10.7. The van der Waals surface area contributed by atoms with Gasteiger partial charge >= 0.3 is 0 Å². The predicted molar refractivity (Wildman–Crippen MR) is 59.7 cm³/mol. The molecule has 0 aromatic carbocycles. The third-order valence-electron chi connectivity index (χ3n) is 3.41. The van der Waals surface area contributed by atoms with Crippen LogP contribution in [0, 0.1) is 0 Å². The monoisotopic (exact) mass is 211 g/mol. The van der Waals surface area contributed by atoms with Crippen molar-refractivity contribution in [2.75, 3.05) is 39.3 Å². The van der Waals surface area contributed by atoms with E-state index in [0.29, 0.717) is 12.3 Å². The smallest absolute Gasteiger partial charge is 0.222 e. The van der Waals surface area contributed by atoms with Crippen molar-refractivity contribution >= 4 is 5.91 Å². The van der Waals surface area contributed by atoms with E-state index in [2.05, 4.69) is 17.1 Å². The first-order valence-corrected chi connectivity index (χ1v) is 6.04. The van der Waals surface area contributed by atoms with Crippen LogP contribution in [0.15, 0.2) is 0 Å². The van der Waals surface area contributed by atoms with Gasteiger partial charge in [-0.15, -0.1) is 0 Å². The highest BCUT2D eigenvalue weighted by Gasteiger charge is 2.28. The van der Waals surface area contributed by atoms with Crippen LogP contribution in [0.4, 0.5) is 0 Å². The van der Waals surface area contributed by atoms with E-state index in [1.54, 1.807) is 0 Å². The Balaban J connectivity index is 1.73. The summed E-state index contributed by atoms with van der Waals surface area (Å²) in [6.45, 7) is 8.29. The van der Waals surface area contributed by atoms with E-state index in [9.17, 15) is 4.79 Å². The Morgan fingerprint density at radius 2 is 1.93 bits per heavy atom. The SMILES string of the molecule is CCCC(=O)N1CCN(C2CNC2)CC1. The van der Waals surface area contributed by atoms with Crippen LogP contribution in [-0.4, -0.2) is 61.0 Å². The minimum absolute atomic E-state index is 0.337. The van der Waals surface area contributed by atoms with Crippen LogP contribution >= 0.6 is 0 Å². The highest BCUT2D eigenvalue weighted by atomic mass is 16.2. The lowest BCUT2D eigenvalue weighted by Gasteiger charge is -2.43. The molecule has 0 radical (unpaired) electrons. The van der Waals surface area contributed by atoms with Gasteiger partial charge in [-0.05, 0) is 6.42 Å². The first-order chi connectivity index (χ1) is 7.31. The molecule has 2 rings (SSSR count). The minimum Gasteiger partial charge on any atom is -0.340 e. The van der Waals surface area contributed by atoms with Gasteiger partial charge in [-0.25, -0.2) is 0 Å². The normalized spacial score (nSPS) is 23.9. The van der Waals surface area contributed by atoms with Crippen molar-refractivity contribution in [3.8, 4) is 0 Å². The molecule has 1 amide bonds. The van der Waals surface area contributed by atoms with Gasteiger partial charge in [0, 0.05) is 51.7 Å². The van der Waals surface area contributed by atoms with Crippen LogP contribution in [0.1, 0.15) is 19.8 Å². The van der Waals surface area contributed by atoms with E-state index < -0.39 is 0 Å². The Kier molecular flexibility index (Phi) is 3.59. The quantitative estimate of drug-likeness (QED) is 0.708. The van der Waals surface area contributed by atoms with Gasteiger partial charge in [0.1, 0.15) is 0 Å². The molecule has 0 aliphatic carbocycles. The molecule has 0 spiro atoms. The van der Waals surface area contributed by atoms with Gasteiger partial charge in [-0.1, -0.05) is 6.92 Å². The van der Waals surface area contributed by atoms with Crippen LogP contribution < -0.4 is 5.32 Å². The summed E-state index contributed by atoms with van der Waals surface area (Å²) in [5.74, 6) is 0.337. The fourth-order valence-corrected chi connectivity index (χ4v) is 2.24. The maximum Gasteiger partial charge on any atom is 0.222 e. The summed E-state index contributed by atoms with van der Waals surface area (Å²) in [5.41, 5.74) is 0. The van der Waals surface area contributed by atoms with Crippen molar-refractivity contribution in [1.82, 2.24) is 15.1 Å². The predicted octanol–water partition coefficient (Wildman–Crippen LogP) is -0.0975. The number of carbonyl (C=O) groups is 1. The summed E-state index contributed by atoms with van der Waals surface area (Å²) in [4.78, 5) is 16.2. The summed E-state index contributed by atoms with van der Waals surface area (Å²) in [6, 6.07) is 0.730. The average molecular weight is 211 g/mol. The molecule has 0 aromatic rings. The molecular formula is C11H21N3O. The highest BCUT2D eigenvalue weighted by Crippen LogP contribution is 2.10. The molecule has 2 fully saturated rings. The number of hydrogen-bond acceptors (Lipinski definition) is 3. The van der Waals surface area contributed by atoms with Gasteiger partial charge in [0.25, 0.3) is 0 Å². The number of hydrogen-bond donors (Lipinski definition) is 1. The van der Waals surface area contributed by atoms with Gasteiger partial charge in [-0.3, -0.25) is 9.69 Å². The molecule has 0 saturated carbocycles. The lowest BCUT2D eigenvalue weighted by molar-refractivity contribution is -0.133. The molecule has 1 N–H and O–H groups in total. The number of amides is 1. The first-order valence-electron chi connectivity index (χ1n) is 6.04. The van der Waals surface area contributed by atoms with Crippen molar-refractivity contribution in [3.63, 3.8) is 0 Å². The molecule has 0 unspecified atom stereocenters. The number of nitrogens with one attached hydrogen (secondary N) is 1. The Bertz CT molecular complexity index is 220. The highest BCUT2D eigenvalue weighted by molar-refractivity contribution is 5.76. The van der Waals surface area contributed by atoms with E-state index >= 15 is 0 Å². The zero-order valence-corrected chi connectivity index (χ0v) is 9.54. The molecule has 86 valence electrons. The summed E-state index contributed by atoms with van der Waals surface area (Å²) in [5, 5.41) is 3.29. The molecule has 2 aliphatic heterocycles. The van der Waals surface area contributed by atoms with Crippen molar-refractivity contribution in [1.29, 1.82) is 0 Å². The second-order valence-corrected chi connectivity index (χ2v) is 4.48. The lowest BCUT2D eigenvalue weighted by atomic mass is 10.1. The van der Waals surface area contributed by atoms with Crippen LogP contribution in [0.3, 0.4) is 0 Å². The maximum absolute atomic E-state index is 11.7. The molecule has 15 heavy (non-hydrogen) atoms. The second kappa shape index (κ2) is 4.94. The van der Waals surface area contributed by atoms with Crippen molar-refractivity contribution < 1.29 is 4.79 Å². The molecule has 0 aromatic heterocycles. The summed E-state index contributed by atoms with van der Waals surface area (Å²) in [6.07, 6.45) is 1.68. The van der Waals surface area contributed by atoms with Crippen molar-refractivity contribution in [2.45, 2.75) is 25.8 Å². The number of rotatable bonds is 3. The van der Waals surface area contributed by atoms with Crippen LogP contribution in [0.5, 0.6) is 0 Å². The number of nitrogens with zero attached hydrogens (tertiary/aromatic N) is 2. The molecule has 2 saturated heterocycles. The molecule has 2 aliphatic rings. The van der Waals surface area contributed by atoms with E-state index in [0.717, 1.165) is 51.7 Å². The van der Waals surface area contributed by atoms with Crippen LogP contribution in [0.25, 0.3) is 0 Å². The fraction of sp³-hybridized carbons (Fsp3) is 0.909. The van der Waals surface area contributed by atoms with Crippen molar-refractivity contribution in [2.24, 2.45) is 0 Å². The summed E-state index contributed by atoms with van der Waals surface area (Å²) in [7, 11) is 0. The van der Waals surface area contributed by atoms with Gasteiger partial charge in [0.15, 0.2) is 0 Å². The second-order valence-electron chi connectivity index (χ2n) is 4.48. The Labute approximate surface area is 91.6 Å².